The first-order chi connectivity index (χ1) is 13.6. The number of anilines is 1. The Balaban J connectivity index is 1.63. The van der Waals surface area contributed by atoms with Gasteiger partial charge in [-0.2, -0.15) is 0 Å². The molecule has 0 radical (unpaired) electrons. The number of hydrogen-bond acceptors (Lipinski definition) is 4. The van der Waals surface area contributed by atoms with Gasteiger partial charge in [-0.05, 0) is 17.7 Å². The largest absolute Gasteiger partial charge is 0.491 e. The molecular formula is C22H20N2O4. The van der Waals surface area contributed by atoms with Crippen molar-refractivity contribution in [3.63, 3.8) is 0 Å². The van der Waals surface area contributed by atoms with Gasteiger partial charge in [-0.15, -0.1) is 0 Å². The van der Waals surface area contributed by atoms with Crippen molar-refractivity contribution < 1.29 is 14.5 Å². The second-order valence-electron chi connectivity index (χ2n) is 6.19. The molecule has 0 saturated heterocycles. The predicted octanol–water partition coefficient (Wildman–Crippen LogP) is 4.40. The summed E-state index contributed by atoms with van der Waals surface area (Å²) < 4.78 is 5.83. The maximum absolute atomic E-state index is 12.4. The second-order valence-corrected chi connectivity index (χ2v) is 6.19. The molecule has 1 N–H and O–H groups in total. The van der Waals surface area contributed by atoms with Crippen LogP contribution < -0.4 is 10.1 Å². The maximum Gasteiger partial charge on any atom is 0.273 e. The van der Waals surface area contributed by atoms with Crippen molar-refractivity contribution in [2.45, 2.75) is 12.8 Å². The summed E-state index contributed by atoms with van der Waals surface area (Å²) in [4.78, 5) is 23.0. The molecule has 142 valence electrons. The van der Waals surface area contributed by atoms with E-state index in [1.807, 2.05) is 36.4 Å². The van der Waals surface area contributed by atoms with Crippen LogP contribution in [0.25, 0.3) is 0 Å². The molecule has 0 aliphatic rings. The zero-order valence-electron chi connectivity index (χ0n) is 15.2. The molecule has 0 aromatic heterocycles. The van der Waals surface area contributed by atoms with E-state index in [2.05, 4.69) is 5.32 Å². The first-order valence-electron chi connectivity index (χ1n) is 8.91. The summed E-state index contributed by atoms with van der Waals surface area (Å²) in [7, 11) is 0. The molecule has 0 fully saturated rings. The highest BCUT2D eigenvalue weighted by Gasteiger charge is 2.16. The average molecular weight is 376 g/mol. The quantitative estimate of drug-likeness (QED) is 0.467. The standard InChI is InChI=1S/C22H20N2O4/c25-22(16-18-10-4-6-12-20(18)24(26)27)23-19-11-5-7-13-21(19)28-15-14-17-8-2-1-3-9-17/h1-13H,14-16H2,(H,23,25). The summed E-state index contributed by atoms with van der Waals surface area (Å²) in [5.41, 5.74) is 2.01. The van der Waals surface area contributed by atoms with Crippen LogP contribution in [0.1, 0.15) is 11.1 Å². The Morgan fingerprint density at radius 3 is 2.39 bits per heavy atom. The molecule has 1 amide bonds. The van der Waals surface area contributed by atoms with E-state index in [0.29, 0.717) is 23.6 Å². The molecule has 0 heterocycles. The molecule has 0 aliphatic heterocycles. The van der Waals surface area contributed by atoms with Crippen LogP contribution in [0.2, 0.25) is 0 Å². The summed E-state index contributed by atoms with van der Waals surface area (Å²) in [6.45, 7) is 0.473. The lowest BCUT2D eigenvalue weighted by atomic mass is 10.1. The van der Waals surface area contributed by atoms with Crippen molar-refractivity contribution in [2.75, 3.05) is 11.9 Å². The number of hydrogen-bond donors (Lipinski definition) is 1. The number of amides is 1. The molecule has 3 rings (SSSR count). The van der Waals surface area contributed by atoms with Gasteiger partial charge in [0.25, 0.3) is 5.69 Å². The van der Waals surface area contributed by atoms with Crippen LogP contribution >= 0.6 is 0 Å². The molecule has 28 heavy (non-hydrogen) atoms. The maximum atomic E-state index is 12.4. The first-order valence-corrected chi connectivity index (χ1v) is 8.91. The van der Waals surface area contributed by atoms with Gasteiger partial charge in [0.1, 0.15) is 5.75 Å². The second kappa shape index (κ2) is 9.32. The Labute approximate surface area is 162 Å². The molecule has 6 nitrogen and oxygen atoms in total. The van der Waals surface area contributed by atoms with Crippen molar-refractivity contribution in [3.05, 3.63) is 100 Å². The number of carbonyl (C=O) groups is 1. The summed E-state index contributed by atoms with van der Waals surface area (Å²) in [5.74, 6) is 0.225. The lowest BCUT2D eigenvalue weighted by molar-refractivity contribution is -0.385. The van der Waals surface area contributed by atoms with Gasteiger partial charge in [0.05, 0.1) is 23.6 Å². The third kappa shape index (κ3) is 5.17. The van der Waals surface area contributed by atoms with E-state index in [0.717, 1.165) is 6.42 Å². The summed E-state index contributed by atoms with van der Waals surface area (Å²) in [6.07, 6.45) is 0.662. The van der Waals surface area contributed by atoms with Crippen molar-refractivity contribution in [3.8, 4) is 5.75 Å². The molecule has 0 unspecified atom stereocenters. The highest BCUT2D eigenvalue weighted by Crippen LogP contribution is 2.25. The fourth-order valence-electron chi connectivity index (χ4n) is 2.83. The number of rotatable bonds is 8. The van der Waals surface area contributed by atoms with Gasteiger partial charge in [-0.1, -0.05) is 60.7 Å². The lowest BCUT2D eigenvalue weighted by Crippen LogP contribution is -2.16. The number of nitro groups is 1. The number of ether oxygens (including phenoxy) is 1. The van der Waals surface area contributed by atoms with Crippen LogP contribution in [-0.4, -0.2) is 17.4 Å². The highest BCUT2D eigenvalue weighted by molar-refractivity contribution is 5.94. The predicted molar refractivity (Wildman–Crippen MR) is 108 cm³/mol. The van der Waals surface area contributed by atoms with E-state index >= 15 is 0 Å². The number of nitrogens with zero attached hydrogens (tertiary/aromatic N) is 1. The van der Waals surface area contributed by atoms with E-state index in [-0.39, 0.29) is 18.0 Å². The minimum Gasteiger partial charge on any atom is -0.491 e. The highest BCUT2D eigenvalue weighted by atomic mass is 16.6. The van der Waals surface area contributed by atoms with Crippen LogP contribution in [0.5, 0.6) is 5.75 Å². The Morgan fingerprint density at radius 2 is 1.61 bits per heavy atom. The fourth-order valence-corrected chi connectivity index (χ4v) is 2.83. The average Bonchev–Trinajstić information content (AvgIpc) is 2.70. The topological polar surface area (TPSA) is 81.5 Å². The number of benzene rings is 3. The Morgan fingerprint density at radius 1 is 0.929 bits per heavy atom. The van der Waals surface area contributed by atoms with Gasteiger partial charge in [-0.25, -0.2) is 0 Å². The first kappa shape index (κ1) is 19.1. The lowest BCUT2D eigenvalue weighted by Gasteiger charge is -2.12. The molecular weight excluding hydrogens is 356 g/mol. The third-order valence-corrected chi connectivity index (χ3v) is 4.19. The van der Waals surface area contributed by atoms with E-state index in [9.17, 15) is 14.9 Å². The smallest absolute Gasteiger partial charge is 0.273 e. The SMILES string of the molecule is O=C(Cc1ccccc1[N+](=O)[O-])Nc1ccccc1OCCc1ccccc1. The normalized spacial score (nSPS) is 10.3. The van der Waals surface area contributed by atoms with E-state index in [1.165, 1.54) is 11.6 Å². The third-order valence-electron chi connectivity index (χ3n) is 4.19. The molecule has 3 aromatic rings. The van der Waals surface area contributed by atoms with Gasteiger partial charge < -0.3 is 10.1 Å². The van der Waals surface area contributed by atoms with Crippen molar-refractivity contribution in [1.82, 2.24) is 0 Å². The molecule has 0 bridgehead atoms. The molecule has 3 aromatic carbocycles. The Hall–Kier alpha value is -3.67. The molecule has 0 spiro atoms. The number of carbonyl (C=O) groups excluding carboxylic acids is 1. The Kier molecular flexibility index (Phi) is 6.36. The molecule has 6 heteroatoms. The zero-order valence-corrected chi connectivity index (χ0v) is 15.2. The van der Waals surface area contributed by atoms with E-state index < -0.39 is 4.92 Å². The molecule has 0 atom stereocenters. The number of para-hydroxylation sites is 3. The molecule has 0 aliphatic carbocycles. The minimum absolute atomic E-state index is 0.0648. The van der Waals surface area contributed by atoms with Crippen LogP contribution in [0, 0.1) is 10.1 Å². The summed E-state index contributed by atoms with van der Waals surface area (Å²) in [6, 6.07) is 23.4. The monoisotopic (exact) mass is 376 g/mol. The van der Waals surface area contributed by atoms with Crippen molar-refractivity contribution >= 4 is 17.3 Å². The zero-order chi connectivity index (χ0) is 19.8. The molecule has 0 saturated carbocycles. The van der Waals surface area contributed by atoms with Crippen molar-refractivity contribution in [1.29, 1.82) is 0 Å². The van der Waals surface area contributed by atoms with E-state index in [1.54, 1.807) is 36.4 Å². The van der Waals surface area contributed by atoms with Gasteiger partial charge >= 0.3 is 0 Å². The van der Waals surface area contributed by atoms with Gasteiger partial charge in [-0.3, -0.25) is 14.9 Å². The summed E-state index contributed by atoms with van der Waals surface area (Å²) >= 11 is 0. The Bertz CT molecular complexity index is 958. The van der Waals surface area contributed by atoms with Gasteiger partial charge in [0.2, 0.25) is 5.91 Å². The fraction of sp³-hybridized carbons (Fsp3) is 0.136. The van der Waals surface area contributed by atoms with Crippen LogP contribution in [-0.2, 0) is 17.6 Å². The minimum atomic E-state index is -0.483. The van der Waals surface area contributed by atoms with E-state index in [4.69, 9.17) is 4.74 Å². The van der Waals surface area contributed by atoms with Gasteiger partial charge in [0, 0.05) is 18.1 Å². The van der Waals surface area contributed by atoms with Crippen molar-refractivity contribution in [2.24, 2.45) is 0 Å². The number of nitrogens with one attached hydrogen (secondary N) is 1. The number of nitro benzene ring substituents is 1. The summed E-state index contributed by atoms with van der Waals surface area (Å²) in [5, 5.41) is 13.9. The van der Waals surface area contributed by atoms with Gasteiger partial charge in [0.15, 0.2) is 0 Å². The van der Waals surface area contributed by atoms with Crippen LogP contribution in [0.3, 0.4) is 0 Å². The van der Waals surface area contributed by atoms with Crippen LogP contribution in [0.4, 0.5) is 11.4 Å². The van der Waals surface area contributed by atoms with Crippen LogP contribution in [0.15, 0.2) is 78.9 Å².